The molecule has 1 N–H and O–H groups in total. The number of esters is 1. The van der Waals surface area contributed by atoms with Crippen LogP contribution in [0.15, 0.2) is 36.5 Å². The Morgan fingerprint density at radius 2 is 1.92 bits per heavy atom. The molecule has 1 heterocycles. The van der Waals surface area contributed by atoms with Crippen molar-refractivity contribution in [2.24, 2.45) is 0 Å². The summed E-state index contributed by atoms with van der Waals surface area (Å²) in [5.74, 6) is -0.823. The van der Waals surface area contributed by atoms with Gasteiger partial charge in [0.05, 0.1) is 21.7 Å². The summed E-state index contributed by atoms with van der Waals surface area (Å²) in [6.45, 7) is -0.894. The van der Waals surface area contributed by atoms with E-state index < -0.39 is 18.5 Å². The van der Waals surface area contributed by atoms with Gasteiger partial charge >= 0.3 is 5.97 Å². The van der Waals surface area contributed by atoms with Gasteiger partial charge in [-0.25, -0.2) is 9.78 Å². The van der Waals surface area contributed by atoms with Crippen LogP contribution in [0.3, 0.4) is 0 Å². The Morgan fingerprint density at radius 3 is 2.56 bits per heavy atom. The average Bonchev–Trinajstić information content (AvgIpc) is 2.61. The minimum atomic E-state index is -0.727. The summed E-state index contributed by atoms with van der Waals surface area (Å²) in [4.78, 5) is 27.1. The normalized spacial score (nSPS) is 9.80. The molecular weight excluding hydrogens is 369 g/mol. The van der Waals surface area contributed by atoms with Crippen molar-refractivity contribution in [2.45, 2.75) is 0 Å². The standard InChI is InChI=1S/C16H11Cl2N3O4/c17-11-5-13(18)16(20-7-11)21-14(22)8-25-15(23)9-24-12-3-1-10(6-19)2-4-12/h1-5,7H,8-9H2,(H,20,21,22). The van der Waals surface area contributed by atoms with Gasteiger partial charge in [0.2, 0.25) is 0 Å². The molecule has 25 heavy (non-hydrogen) atoms. The van der Waals surface area contributed by atoms with E-state index in [0.717, 1.165) is 0 Å². The highest BCUT2D eigenvalue weighted by Gasteiger charge is 2.11. The Labute approximate surface area is 153 Å². The first-order valence-electron chi connectivity index (χ1n) is 6.87. The molecule has 9 heteroatoms. The lowest BCUT2D eigenvalue weighted by Crippen LogP contribution is -2.24. The molecule has 0 fully saturated rings. The zero-order valence-electron chi connectivity index (χ0n) is 12.7. The molecule has 0 saturated heterocycles. The molecular formula is C16H11Cl2N3O4. The minimum absolute atomic E-state index is 0.112. The first-order chi connectivity index (χ1) is 12.0. The van der Waals surface area contributed by atoms with Crippen molar-refractivity contribution in [1.29, 1.82) is 5.26 Å². The van der Waals surface area contributed by atoms with Gasteiger partial charge < -0.3 is 14.8 Å². The number of carbonyl (C=O) groups is 2. The molecule has 0 aliphatic rings. The van der Waals surface area contributed by atoms with Gasteiger partial charge in [0.1, 0.15) is 5.75 Å². The van der Waals surface area contributed by atoms with Crippen LogP contribution in [0.1, 0.15) is 5.56 Å². The molecule has 0 radical (unpaired) electrons. The number of amides is 1. The highest BCUT2D eigenvalue weighted by molar-refractivity contribution is 6.36. The van der Waals surface area contributed by atoms with Crippen molar-refractivity contribution in [1.82, 2.24) is 4.98 Å². The fraction of sp³-hybridized carbons (Fsp3) is 0.125. The molecule has 1 amide bonds. The van der Waals surface area contributed by atoms with Gasteiger partial charge in [-0.3, -0.25) is 4.79 Å². The quantitative estimate of drug-likeness (QED) is 0.774. The van der Waals surface area contributed by atoms with Crippen LogP contribution in [0.5, 0.6) is 5.75 Å². The largest absolute Gasteiger partial charge is 0.482 e. The molecule has 0 aliphatic heterocycles. The first-order valence-corrected chi connectivity index (χ1v) is 7.63. The summed E-state index contributed by atoms with van der Waals surface area (Å²) >= 11 is 11.6. The number of hydrogen-bond donors (Lipinski definition) is 1. The average molecular weight is 380 g/mol. The summed E-state index contributed by atoms with van der Waals surface area (Å²) in [7, 11) is 0. The number of nitrogens with one attached hydrogen (secondary N) is 1. The number of carbonyl (C=O) groups excluding carboxylic acids is 2. The van der Waals surface area contributed by atoms with Crippen LogP contribution in [0.2, 0.25) is 10.0 Å². The molecule has 1 aromatic heterocycles. The van der Waals surface area contributed by atoms with Crippen molar-refractivity contribution in [3.8, 4) is 11.8 Å². The van der Waals surface area contributed by atoms with E-state index in [-0.39, 0.29) is 17.4 Å². The van der Waals surface area contributed by atoms with E-state index >= 15 is 0 Å². The molecule has 0 bridgehead atoms. The molecule has 1 aromatic carbocycles. The summed E-state index contributed by atoms with van der Waals surface area (Å²) < 4.78 is 9.97. The topological polar surface area (TPSA) is 101 Å². The molecule has 0 atom stereocenters. The third-order valence-corrected chi connectivity index (χ3v) is 3.26. The van der Waals surface area contributed by atoms with Gasteiger partial charge in [-0.05, 0) is 30.3 Å². The summed E-state index contributed by atoms with van der Waals surface area (Å²) in [6, 6.07) is 9.59. The predicted molar refractivity (Wildman–Crippen MR) is 90.5 cm³/mol. The number of anilines is 1. The van der Waals surface area contributed by atoms with Crippen molar-refractivity contribution in [3.05, 3.63) is 52.1 Å². The Balaban J connectivity index is 1.75. The van der Waals surface area contributed by atoms with Gasteiger partial charge in [-0.2, -0.15) is 5.26 Å². The van der Waals surface area contributed by atoms with Gasteiger partial charge in [-0.1, -0.05) is 23.2 Å². The maximum absolute atomic E-state index is 11.7. The Bertz CT molecular complexity index is 819. The maximum atomic E-state index is 11.7. The van der Waals surface area contributed by atoms with Gasteiger partial charge in [0.25, 0.3) is 5.91 Å². The molecule has 2 aromatic rings. The summed E-state index contributed by atoms with van der Waals surface area (Å²) in [6.07, 6.45) is 1.32. The van der Waals surface area contributed by atoms with Crippen molar-refractivity contribution < 1.29 is 19.1 Å². The number of ether oxygens (including phenoxy) is 2. The maximum Gasteiger partial charge on any atom is 0.344 e. The zero-order chi connectivity index (χ0) is 18.2. The number of aromatic nitrogens is 1. The Kier molecular flexibility index (Phi) is 6.57. The highest BCUT2D eigenvalue weighted by Crippen LogP contribution is 2.22. The minimum Gasteiger partial charge on any atom is -0.482 e. The van der Waals surface area contributed by atoms with Crippen LogP contribution < -0.4 is 10.1 Å². The second kappa shape index (κ2) is 8.87. The number of pyridine rings is 1. The number of nitrogens with zero attached hydrogens (tertiary/aromatic N) is 2. The highest BCUT2D eigenvalue weighted by atomic mass is 35.5. The lowest BCUT2D eigenvalue weighted by atomic mass is 10.2. The molecule has 0 saturated carbocycles. The monoisotopic (exact) mass is 379 g/mol. The van der Waals surface area contributed by atoms with Gasteiger partial charge in [-0.15, -0.1) is 0 Å². The summed E-state index contributed by atoms with van der Waals surface area (Å²) in [5.41, 5.74) is 0.473. The number of benzene rings is 1. The third-order valence-electron chi connectivity index (χ3n) is 2.77. The van der Waals surface area contributed by atoms with Crippen LogP contribution in [-0.2, 0) is 14.3 Å². The Morgan fingerprint density at radius 1 is 1.20 bits per heavy atom. The van der Waals surface area contributed by atoms with Crippen molar-refractivity contribution >= 4 is 40.9 Å². The molecule has 128 valence electrons. The predicted octanol–water partition coefficient (Wildman–Crippen LogP) is 2.82. The fourth-order valence-corrected chi connectivity index (χ4v) is 2.06. The molecule has 7 nitrogen and oxygen atoms in total. The van der Waals surface area contributed by atoms with E-state index in [1.807, 2.05) is 6.07 Å². The van der Waals surface area contributed by atoms with Gasteiger partial charge in [0.15, 0.2) is 19.0 Å². The van der Waals surface area contributed by atoms with E-state index in [1.54, 1.807) is 24.3 Å². The van der Waals surface area contributed by atoms with Gasteiger partial charge in [0, 0.05) is 6.20 Å². The van der Waals surface area contributed by atoms with E-state index in [2.05, 4.69) is 10.3 Å². The lowest BCUT2D eigenvalue weighted by Gasteiger charge is -2.08. The third kappa shape index (κ3) is 5.95. The second-order valence-corrected chi connectivity index (χ2v) is 5.46. The number of nitriles is 1. The zero-order valence-corrected chi connectivity index (χ0v) is 14.2. The van der Waals surface area contributed by atoms with Crippen LogP contribution in [0.4, 0.5) is 5.82 Å². The second-order valence-electron chi connectivity index (χ2n) is 4.62. The first kappa shape index (κ1) is 18.5. The molecule has 2 rings (SSSR count). The molecule has 0 unspecified atom stereocenters. The van der Waals surface area contributed by atoms with Crippen LogP contribution in [0.25, 0.3) is 0 Å². The SMILES string of the molecule is N#Cc1ccc(OCC(=O)OCC(=O)Nc2ncc(Cl)cc2Cl)cc1. The van der Waals surface area contributed by atoms with E-state index in [9.17, 15) is 9.59 Å². The lowest BCUT2D eigenvalue weighted by molar-refractivity contribution is -0.149. The number of hydrogen-bond acceptors (Lipinski definition) is 6. The van der Waals surface area contributed by atoms with Crippen LogP contribution in [-0.4, -0.2) is 30.1 Å². The smallest absolute Gasteiger partial charge is 0.344 e. The van der Waals surface area contributed by atoms with Crippen LogP contribution >= 0.6 is 23.2 Å². The summed E-state index contributed by atoms with van der Waals surface area (Å²) in [5, 5.41) is 11.6. The van der Waals surface area contributed by atoms with E-state index in [0.29, 0.717) is 16.3 Å². The van der Waals surface area contributed by atoms with E-state index in [1.165, 1.54) is 12.3 Å². The number of halogens is 2. The van der Waals surface area contributed by atoms with E-state index in [4.69, 9.17) is 37.9 Å². The molecule has 0 aliphatic carbocycles. The number of rotatable bonds is 6. The van der Waals surface area contributed by atoms with Crippen molar-refractivity contribution in [3.63, 3.8) is 0 Å². The molecule has 0 spiro atoms. The Hall–Kier alpha value is -2.82. The van der Waals surface area contributed by atoms with Crippen molar-refractivity contribution in [2.75, 3.05) is 18.5 Å². The van der Waals surface area contributed by atoms with Crippen LogP contribution in [0, 0.1) is 11.3 Å². The fourth-order valence-electron chi connectivity index (χ4n) is 1.63.